The van der Waals surface area contributed by atoms with Crippen LogP contribution in [-0.4, -0.2) is 22.7 Å². The molecule has 1 aliphatic rings. The molecule has 2 unspecified atom stereocenters. The van der Waals surface area contributed by atoms with E-state index in [2.05, 4.69) is 23.7 Å². The predicted molar refractivity (Wildman–Crippen MR) is 70.1 cm³/mol. The lowest BCUT2D eigenvalue weighted by atomic mass is 9.92. The molecule has 0 radical (unpaired) electrons. The number of anilines is 1. The van der Waals surface area contributed by atoms with Crippen LogP contribution in [0.2, 0.25) is 0 Å². The van der Waals surface area contributed by atoms with Crippen LogP contribution in [0.5, 0.6) is 0 Å². The standard InChI is InChI=1S/C14H22N2O/c1-10-5-4-8-16(11(10)2)14-7-6-13(9-15-14)12(3)17/h6-7,9-12,17H,4-5,8H2,1-3H3/t10?,11?,12-/m1/s1. The van der Waals surface area contributed by atoms with Gasteiger partial charge < -0.3 is 10.0 Å². The third kappa shape index (κ3) is 2.60. The molecule has 3 atom stereocenters. The van der Waals surface area contributed by atoms with Gasteiger partial charge in [-0.2, -0.15) is 0 Å². The molecule has 1 N–H and O–H groups in total. The fourth-order valence-corrected chi connectivity index (χ4v) is 2.47. The number of nitrogens with zero attached hydrogens (tertiary/aromatic N) is 2. The summed E-state index contributed by atoms with van der Waals surface area (Å²) in [6.45, 7) is 7.43. The Hall–Kier alpha value is -1.09. The third-order valence-electron chi connectivity index (χ3n) is 3.92. The molecule has 1 aromatic heterocycles. The molecule has 0 spiro atoms. The third-order valence-corrected chi connectivity index (χ3v) is 3.92. The highest BCUT2D eigenvalue weighted by molar-refractivity contribution is 5.41. The van der Waals surface area contributed by atoms with Crippen molar-refractivity contribution >= 4 is 5.82 Å². The van der Waals surface area contributed by atoms with Crippen LogP contribution < -0.4 is 4.90 Å². The van der Waals surface area contributed by atoms with Gasteiger partial charge in [-0.25, -0.2) is 4.98 Å². The predicted octanol–water partition coefficient (Wildman–Crippen LogP) is 2.76. The summed E-state index contributed by atoms with van der Waals surface area (Å²) in [5.74, 6) is 1.76. The molecule has 0 saturated carbocycles. The van der Waals surface area contributed by atoms with Crippen LogP contribution in [0, 0.1) is 5.92 Å². The van der Waals surface area contributed by atoms with Gasteiger partial charge in [-0.15, -0.1) is 0 Å². The normalized spacial score (nSPS) is 26.9. The van der Waals surface area contributed by atoms with E-state index in [1.165, 1.54) is 12.8 Å². The molecule has 2 rings (SSSR count). The first-order valence-electron chi connectivity index (χ1n) is 6.50. The van der Waals surface area contributed by atoms with Gasteiger partial charge in [0.05, 0.1) is 6.10 Å². The van der Waals surface area contributed by atoms with E-state index in [0.29, 0.717) is 6.04 Å². The van der Waals surface area contributed by atoms with Crippen LogP contribution in [0.4, 0.5) is 5.82 Å². The number of pyridine rings is 1. The number of aliphatic hydroxyl groups is 1. The lowest BCUT2D eigenvalue weighted by molar-refractivity contribution is 0.199. The quantitative estimate of drug-likeness (QED) is 0.854. The van der Waals surface area contributed by atoms with Gasteiger partial charge in [0.25, 0.3) is 0 Å². The molecule has 0 amide bonds. The molecule has 2 heterocycles. The van der Waals surface area contributed by atoms with Crippen molar-refractivity contribution in [3.63, 3.8) is 0 Å². The lowest BCUT2D eigenvalue weighted by Gasteiger charge is -2.38. The molecular formula is C14H22N2O. The summed E-state index contributed by atoms with van der Waals surface area (Å²) in [5.41, 5.74) is 0.881. The molecule has 1 fully saturated rings. The number of hydrogen-bond acceptors (Lipinski definition) is 3. The monoisotopic (exact) mass is 234 g/mol. The molecule has 3 heteroatoms. The van der Waals surface area contributed by atoms with E-state index in [1.807, 2.05) is 12.1 Å². The average Bonchev–Trinajstić information content (AvgIpc) is 2.33. The van der Waals surface area contributed by atoms with Gasteiger partial charge in [-0.05, 0) is 44.2 Å². The van der Waals surface area contributed by atoms with E-state index in [-0.39, 0.29) is 0 Å². The Kier molecular flexibility index (Phi) is 3.67. The van der Waals surface area contributed by atoms with Gasteiger partial charge in [0.15, 0.2) is 0 Å². The topological polar surface area (TPSA) is 36.4 Å². The maximum absolute atomic E-state index is 9.47. The molecule has 94 valence electrons. The molecular weight excluding hydrogens is 212 g/mol. The van der Waals surface area contributed by atoms with E-state index in [1.54, 1.807) is 13.1 Å². The van der Waals surface area contributed by atoms with Crippen LogP contribution >= 0.6 is 0 Å². The van der Waals surface area contributed by atoms with Crippen molar-refractivity contribution in [2.75, 3.05) is 11.4 Å². The maximum Gasteiger partial charge on any atom is 0.128 e. The second-order valence-corrected chi connectivity index (χ2v) is 5.18. The smallest absolute Gasteiger partial charge is 0.128 e. The summed E-state index contributed by atoms with van der Waals surface area (Å²) in [4.78, 5) is 6.85. The Bertz CT molecular complexity index is 361. The van der Waals surface area contributed by atoms with Crippen LogP contribution in [0.3, 0.4) is 0 Å². The SMILES string of the molecule is CC1CCCN(c2ccc([C@@H](C)O)cn2)C1C. The molecule has 3 nitrogen and oxygen atoms in total. The van der Waals surface area contributed by atoms with Gasteiger partial charge >= 0.3 is 0 Å². The largest absolute Gasteiger partial charge is 0.389 e. The van der Waals surface area contributed by atoms with Crippen molar-refractivity contribution in [1.29, 1.82) is 0 Å². The zero-order valence-electron chi connectivity index (χ0n) is 10.9. The van der Waals surface area contributed by atoms with E-state index in [0.717, 1.165) is 23.8 Å². The van der Waals surface area contributed by atoms with Gasteiger partial charge in [-0.3, -0.25) is 0 Å². The van der Waals surface area contributed by atoms with Crippen LogP contribution in [0.15, 0.2) is 18.3 Å². The summed E-state index contributed by atoms with van der Waals surface area (Å²) < 4.78 is 0. The fraction of sp³-hybridized carbons (Fsp3) is 0.643. The summed E-state index contributed by atoms with van der Waals surface area (Å²) in [6, 6.07) is 4.55. The van der Waals surface area contributed by atoms with Gasteiger partial charge in [0, 0.05) is 18.8 Å². The summed E-state index contributed by atoms with van der Waals surface area (Å²) in [5, 5.41) is 9.47. The maximum atomic E-state index is 9.47. The average molecular weight is 234 g/mol. The van der Waals surface area contributed by atoms with Gasteiger partial charge in [0.2, 0.25) is 0 Å². The second kappa shape index (κ2) is 5.05. The minimum Gasteiger partial charge on any atom is -0.389 e. The summed E-state index contributed by atoms with van der Waals surface area (Å²) in [6.07, 6.45) is 3.90. The van der Waals surface area contributed by atoms with Crippen molar-refractivity contribution in [3.05, 3.63) is 23.9 Å². The Morgan fingerprint density at radius 2 is 2.18 bits per heavy atom. The van der Waals surface area contributed by atoms with Crippen LogP contribution in [0.25, 0.3) is 0 Å². The molecule has 17 heavy (non-hydrogen) atoms. The Labute approximate surface area is 103 Å². The number of piperidine rings is 1. The van der Waals surface area contributed by atoms with Crippen molar-refractivity contribution in [1.82, 2.24) is 4.98 Å². The zero-order chi connectivity index (χ0) is 12.4. The van der Waals surface area contributed by atoms with E-state index < -0.39 is 6.10 Å². The van der Waals surface area contributed by atoms with Crippen LogP contribution in [0.1, 0.15) is 45.3 Å². The van der Waals surface area contributed by atoms with Crippen molar-refractivity contribution in [2.45, 2.75) is 45.8 Å². The molecule has 0 bridgehead atoms. The summed E-state index contributed by atoms with van der Waals surface area (Å²) >= 11 is 0. The van der Waals surface area contributed by atoms with Crippen LogP contribution in [-0.2, 0) is 0 Å². The van der Waals surface area contributed by atoms with Crippen molar-refractivity contribution < 1.29 is 5.11 Å². The molecule has 0 aliphatic carbocycles. The first kappa shape index (κ1) is 12.4. The number of aromatic nitrogens is 1. The first-order valence-corrected chi connectivity index (χ1v) is 6.50. The highest BCUT2D eigenvalue weighted by atomic mass is 16.3. The highest BCUT2D eigenvalue weighted by Gasteiger charge is 2.25. The molecule has 1 saturated heterocycles. The molecule has 1 aliphatic heterocycles. The first-order chi connectivity index (χ1) is 8.09. The van der Waals surface area contributed by atoms with E-state index >= 15 is 0 Å². The number of aliphatic hydroxyl groups excluding tert-OH is 1. The number of rotatable bonds is 2. The Balaban J connectivity index is 2.16. The highest BCUT2D eigenvalue weighted by Crippen LogP contribution is 2.27. The second-order valence-electron chi connectivity index (χ2n) is 5.18. The van der Waals surface area contributed by atoms with Crippen molar-refractivity contribution in [3.8, 4) is 0 Å². The van der Waals surface area contributed by atoms with Gasteiger partial charge in [-0.1, -0.05) is 13.0 Å². The number of hydrogen-bond donors (Lipinski definition) is 1. The van der Waals surface area contributed by atoms with Crippen molar-refractivity contribution in [2.24, 2.45) is 5.92 Å². The van der Waals surface area contributed by atoms with Gasteiger partial charge in [0.1, 0.15) is 5.82 Å². The summed E-state index contributed by atoms with van der Waals surface area (Å²) in [7, 11) is 0. The van der Waals surface area contributed by atoms with E-state index in [4.69, 9.17) is 0 Å². The van der Waals surface area contributed by atoms with E-state index in [9.17, 15) is 5.11 Å². The Morgan fingerprint density at radius 3 is 2.76 bits per heavy atom. The Morgan fingerprint density at radius 1 is 1.41 bits per heavy atom. The molecule has 0 aromatic carbocycles. The molecule has 1 aromatic rings. The fourth-order valence-electron chi connectivity index (χ4n) is 2.47. The minimum absolute atomic E-state index is 0.436. The zero-order valence-corrected chi connectivity index (χ0v) is 10.9. The lowest BCUT2D eigenvalue weighted by Crippen LogP contribution is -2.42. The minimum atomic E-state index is -0.436.